The van der Waals surface area contributed by atoms with Crippen LogP contribution >= 0.6 is 0 Å². The second-order valence-electron chi connectivity index (χ2n) is 3.78. The Morgan fingerprint density at radius 2 is 1.93 bits per heavy atom. The molecule has 1 unspecified atom stereocenters. The van der Waals surface area contributed by atoms with Crippen LogP contribution in [-0.2, 0) is 0 Å². The zero-order valence-corrected chi connectivity index (χ0v) is 9.01. The number of hydrogen-bond donors (Lipinski definition) is 1. The summed E-state index contributed by atoms with van der Waals surface area (Å²) >= 11 is 0. The highest BCUT2D eigenvalue weighted by Gasteiger charge is 2.08. The molecule has 15 heavy (non-hydrogen) atoms. The van der Waals surface area contributed by atoms with E-state index in [2.05, 4.69) is 35.5 Å². The zero-order valence-electron chi connectivity index (χ0n) is 9.01. The van der Waals surface area contributed by atoms with Crippen molar-refractivity contribution in [2.24, 2.45) is 0 Å². The first-order valence-electron chi connectivity index (χ1n) is 5.02. The third-order valence-electron chi connectivity index (χ3n) is 2.70. The van der Waals surface area contributed by atoms with Crippen molar-refractivity contribution in [3.63, 3.8) is 0 Å². The molecule has 0 aliphatic carbocycles. The molecule has 3 nitrogen and oxygen atoms in total. The number of hydrogen-bond acceptors (Lipinski definition) is 2. The molecule has 1 aromatic heterocycles. The molecule has 0 bridgehead atoms. The summed E-state index contributed by atoms with van der Waals surface area (Å²) in [6, 6.07) is 8.27. The predicted octanol–water partition coefficient (Wildman–Crippen LogP) is 2.38. The Labute approximate surface area is 89.6 Å². The third-order valence-corrected chi connectivity index (χ3v) is 2.70. The first-order valence-corrected chi connectivity index (χ1v) is 5.02. The monoisotopic (exact) mass is 201 g/mol. The van der Waals surface area contributed by atoms with E-state index in [-0.39, 0.29) is 0 Å². The number of aromatic nitrogens is 2. The second kappa shape index (κ2) is 3.77. The van der Waals surface area contributed by atoms with Gasteiger partial charge in [-0.25, -0.2) is 4.98 Å². The number of anilines is 1. The lowest BCUT2D eigenvalue weighted by Gasteiger charge is -2.15. The molecule has 0 radical (unpaired) electrons. The van der Waals surface area contributed by atoms with E-state index in [1.807, 2.05) is 24.7 Å². The molecule has 0 aliphatic heterocycles. The first kappa shape index (κ1) is 9.77. The van der Waals surface area contributed by atoms with Gasteiger partial charge in [-0.15, -0.1) is 0 Å². The Bertz CT molecular complexity index is 442. The fourth-order valence-corrected chi connectivity index (χ4v) is 1.71. The van der Waals surface area contributed by atoms with Crippen molar-refractivity contribution in [1.29, 1.82) is 0 Å². The van der Waals surface area contributed by atoms with Gasteiger partial charge in [0.25, 0.3) is 0 Å². The molecular formula is C12H15N3. The number of rotatable bonds is 2. The van der Waals surface area contributed by atoms with Crippen molar-refractivity contribution >= 4 is 5.69 Å². The first-order chi connectivity index (χ1) is 7.18. The van der Waals surface area contributed by atoms with Crippen LogP contribution in [0, 0.1) is 6.92 Å². The van der Waals surface area contributed by atoms with Gasteiger partial charge < -0.3 is 10.3 Å². The number of nitrogen functional groups attached to an aromatic ring is 1. The Kier molecular flexibility index (Phi) is 2.46. The van der Waals surface area contributed by atoms with Gasteiger partial charge in [-0.05, 0) is 31.5 Å². The van der Waals surface area contributed by atoms with E-state index in [1.165, 1.54) is 11.3 Å². The molecule has 78 valence electrons. The van der Waals surface area contributed by atoms with Gasteiger partial charge in [0.1, 0.15) is 0 Å². The molecule has 1 aromatic carbocycles. The Morgan fingerprint density at radius 1 is 1.27 bits per heavy atom. The maximum atomic E-state index is 5.66. The lowest BCUT2D eigenvalue weighted by Crippen LogP contribution is -2.07. The van der Waals surface area contributed by atoms with Gasteiger partial charge in [0.15, 0.2) is 0 Å². The van der Waals surface area contributed by atoms with E-state index in [1.54, 1.807) is 0 Å². The summed E-state index contributed by atoms with van der Waals surface area (Å²) in [6.07, 6.45) is 3.73. The maximum absolute atomic E-state index is 5.66. The van der Waals surface area contributed by atoms with Crippen LogP contribution in [0.4, 0.5) is 5.69 Å². The van der Waals surface area contributed by atoms with E-state index < -0.39 is 0 Å². The Morgan fingerprint density at radius 3 is 2.47 bits per heavy atom. The molecule has 0 saturated heterocycles. The van der Waals surface area contributed by atoms with Crippen molar-refractivity contribution in [1.82, 2.24) is 9.55 Å². The van der Waals surface area contributed by atoms with Gasteiger partial charge in [-0.1, -0.05) is 12.1 Å². The van der Waals surface area contributed by atoms with Gasteiger partial charge >= 0.3 is 0 Å². The summed E-state index contributed by atoms with van der Waals surface area (Å²) in [7, 11) is 0. The molecule has 3 heteroatoms. The molecule has 0 aliphatic rings. The van der Waals surface area contributed by atoms with Gasteiger partial charge in [0, 0.05) is 17.6 Å². The average molecular weight is 201 g/mol. The minimum atomic E-state index is 0.299. The van der Waals surface area contributed by atoms with E-state index in [9.17, 15) is 0 Å². The number of benzene rings is 1. The average Bonchev–Trinajstić information content (AvgIpc) is 2.65. The van der Waals surface area contributed by atoms with Gasteiger partial charge in [-0.2, -0.15) is 0 Å². The fraction of sp³-hybridized carbons (Fsp3) is 0.250. The summed E-state index contributed by atoms with van der Waals surface area (Å²) in [5, 5.41) is 0. The number of nitrogens with two attached hydrogens (primary N) is 1. The smallest absolute Gasteiger partial charge is 0.0953 e. The predicted molar refractivity (Wildman–Crippen MR) is 61.6 cm³/mol. The molecule has 2 N–H and O–H groups in total. The lowest BCUT2D eigenvalue weighted by atomic mass is 10.1. The SMILES string of the molecule is Cc1cncn1C(C)c1ccc(N)cc1. The second-order valence-corrected chi connectivity index (χ2v) is 3.78. The Hall–Kier alpha value is -1.77. The van der Waals surface area contributed by atoms with Crippen LogP contribution in [-0.4, -0.2) is 9.55 Å². The highest BCUT2D eigenvalue weighted by Crippen LogP contribution is 2.20. The van der Waals surface area contributed by atoms with Crippen molar-refractivity contribution in [3.8, 4) is 0 Å². The summed E-state index contributed by atoms with van der Waals surface area (Å²) < 4.78 is 2.14. The van der Waals surface area contributed by atoms with E-state index in [0.717, 1.165) is 5.69 Å². The molecule has 0 amide bonds. The fourth-order valence-electron chi connectivity index (χ4n) is 1.71. The minimum absolute atomic E-state index is 0.299. The van der Waals surface area contributed by atoms with Crippen molar-refractivity contribution in [2.75, 3.05) is 5.73 Å². The zero-order chi connectivity index (χ0) is 10.8. The summed E-state index contributed by atoms with van der Waals surface area (Å²) in [6.45, 7) is 4.21. The molecular weight excluding hydrogens is 186 g/mol. The quantitative estimate of drug-likeness (QED) is 0.758. The summed E-state index contributed by atoms with van der Waals surface area (Å²) in [4.78, 5) is 4.12. The molecule has 1 heterocycles. The number of nitrogens with zero attached hydrogens (tertiary/aromatic N) is 2. The highest BCUT2D eigenvalue weighted by molar-refractivity contribution is 5.40. The number of aryl methyl sites for hydroxylation is 1. The van der Waals surface area contributed by atoms with E-state index >= 15 is 0 Å². The van der Waals surface area contributed by atoms with Crippen molar-refractivity contribution in [2.45, 2.75) is 19.9 Å². The molecule has 2 rings (SSSR count). The van der Waals surface area contributed by atoms with Crippen LogP contribution in [0.15, 0.2) is 36.8 Å². The number of imidazole rings is 1. The topological polar surface area (TPSA) is 43.8 Å². The van der Waals surface area contributed by atoms with Crippen LogP contribution in [0.1, 0.15) is 24.2 Å². The highest BCUT2D eigenvalue weighted by atomic mass is 15.1. The van der Waals surface area contributed by atoms with Gasteiger partial charge in [0.2, 0.25) is 0 Å². The van der Waals surface area contributed by atoms with Crippen LogP contribution in [0.5, 0.6) is 0 Å². The van der Waals surface area contributed by atoms with E-state index in [4.69, 9.17) is 5.73 Å². The maximum Gasteiger partial charge on any atom is 0.0953 e. The minimum Gasteiger partial charge on any atom is -0.399 e. The van der Waals surface area contributed by atoms with Crippen molar-refractivity contribution < 1.29 is 0 Å². The molecule has 2 aromatic rings. The molecule has 0 spiro atoms. The molecule has 0 fully saturated rings. The van der Waals surface area contributed by atoms with Crippen LogP contribution in [0.2, 0.25) is 0 Å². The van der Waals surface area contributed by atoms with Gasteiger partial charge in [-0.3, -0.25) is 0 Å². The standard InChI is InChI=1S/C12H15N3/c1-9-7-14-8-15(9)10(2)11-3-5-12(13)6-4-11/h3-8,10H,13H2,1-2H3. The van der Waals surface area contributed by atoms with E-state index in [0.29, 0.717) is 6.04 Å². The normalized spacial score (nSPS) is 12.7. The van der Waals surface area contributed by atoms with Crippen molar-refractivity contribution in [3.05, 3.63) is 48.0 Å². The van der Waals surface area contributed by atoms with Crippen LogP contribution in [0.25, 0.3) is 0 Å². The van der Waals surface area contributed by atoms with Crippen LogP contribution < -0.4 is 5.73 Å². The largest absolute Gasteiger partial charge is 0.399 e. The van der Waals surface area contributed by atoms with Gasteiger partial charge in [0.05, 0.1) is 12.4 Å². The lowest BCUT2D eigenvalue weighted by molar-refractivity contribution is 0.622. The van der Waals surface area contributed by atoms with Crippen LogP contribution in [0.3, 0.4) is 0 Å². The Balaban J connectivity index is 2.32. The summed E-state index contributed by atoms with van der Waals surface area (Å²) in [5.74, 6) is 0. The summed E-state index contributed by atoms with van der Waals surface area (Å²) in [5.41, 5.74) is 8.86. The molecule has 1 atom stereocenters. The molecule has 0 saturated carbocycles. The third kappa shape index (κ3) is 1.86.